The Morgan fingerprint density at radius 3 is 2.21 bits per heavy atom. The Labute approximate surface area is 88.9 Å². The molecule has 0 saturated carbocycles. The summed E-state index contributed by atoms with van der Waals surface area (Å²) < 4.78 is 26.9. The molecule has 0 bridgehead atoms. The summed E-state index contributed by atoms with van der Waals surface area (Å²) in [5, 5.41) is 8.87. The molecule has 0 fully saturated rings. The Bertz CT molecular complexity index is 306. The Morgan fingerprint density at radius 1 is 1.36 bits per heavy atom. The number of hydrogen-bond acceptors (Lipinski definition) is 2. The number of aliphatic hydroxyl groups excluding tert-OH is 1. The third kappa shape index (κ3) is 2.29. The molecule has 0 heterocycles. The zero-order valence-electron chi connectivity index (χ0n) is 7.30. The maximum atomic E-state index is 13.3. The van der Waals surface area contributed by atoms with E-state index in [9.17, 15) is 8.78 Å². The molecular formula is C9H10BrF2NO. The van der Waals surface area contributed by atoms with E-state index in [2.05, 4.69) is 15.9 Å². The van der Waals surface area contributed by atoms with Gasteiger partial charge in [-0.1, -0.05) is 15.9 Å². The van der Waals surface area contributed by atoms with Crippen molar-refractivity contribution in [1.82, 2.24) is 0 Å². The zero-order chi connectivity index (χ0) is 10.7. The van der Waals surface area contributed by atoms with Gasteiger partial charge in [0.05, 0.1) is 6.61 Å². The number of halogens is 3. The molecule has 0 spiro atoms. The molecule has 0 aliphatic rings. The van der Waals surface area contributed by atoms with Crippen LogP contribution in [0.3, 0.4) is 0 Å². The van der Waals surface area contributed by atoms with E-state index < -0.39 is 17.6 Å². The largest absolute Gasteiger partial charge is 0.396 e. The standard InChI is InChI=1S/C9H10BrF2NO/c10-6-1-7(11)9(8(12)2-6)5(3-13)4-14/h1-2,5,14H,3-4,13H2. The SMILES string of the molecule is NCC(CO)c1c(F)cc(Br)cc1F. The molecule has 5 heteroatoms. The van der Waals surface area contributed by atoms with E-state index in [-0.39, 0.29) is 18.7 Å². The molecule has 1 unspecified atom stereocenters. The third-order valence-corrected chi connectivity index (χ3v) is 2.41. The van der Waals surface area contributed by atoms with Crippen LogP contribution in [-0.2, 0) is 0 Å². The lowest BCUT2D eigenvalue weighted by atomic mass is 9.99. The first kappa shape index (κ1) is 11.6. The highest BCUT2D eigenvalue weighted by atomic mass is 79.9. The van der Waals surface area contributed by atoms with E-state index >= 15 is 0 Å². The summed E-state index contributed by atoms with van der Waals surface area (Å²) in [4.78, 5) is 0. The fourth-order valence-corrected chi connectivity index (χ4v) is 1.63. The topological polar surface area (TPSA) is 46.2 Å². The van der Waals surface area contributed by atoms with Gasteiger partial charge in [-0.2, -0.15) is 0 Å². The lowest BCUT2D eigenvalue weighted by Crippen LogP contribution is -2.18. The molecule has 0 aliphatic carbocycles. The van der Waals surface area contributed by atoms with Crippen LogP contribution < -0.4 is 5.73 Å². The minimum Gasteiger partial charge on any atom is -0.396 e. The molecule has 0 amide bonds. The molecule has 0 saturated heterocycles. The van der Waals surface area contributed by atoms with Crippen LogP contribution in [0.4, 0.5) is 8.78 Å². The molecule has 78 valence electrons. The van der Waals surface area contributed by atoms with Gasteiger partial charge in [-0.15, -0.1) is 0 Å². The van der Waals surface area contributed by atoms with Gasteiger partial charge in [0.1, 0.15) is 11.6 Å². The maximum Gasteiger partial charge on any atom is 0.130 e. The molecule has 0 radical (unpaired) electrons. The lowest BCUT2D eigenvalue weighted by Gasteiger charge is -2.14. The predicted molar refractivity (Wildman–Crippen MR) is 52.9 cm³/mol. The van der Waals surface area contributed by atoms with Crippen molar-refractivity contribution in [1.29, 1.82) is 0 Å². The molecular weight excluding hydrogens is 256 g/mol. The first-order valence-electron chi connectivity index (χ1n) is 4.05. The highest BCUT2D eigenvalue weighted by molar-refractivity contribution is 9.10. The van der Waals surface area contributed by atoms with Gasteiger partial charge in [-0.05, 0) is 12.1 Å². The maximum absolute atomic E-state index is 13.3. The van der Waals surface area contributed by atoms with Gasteiger partial charge in [0.2, 0.25) is 0 Å². The second-order valence-corrected chi connectivity index (χ2v) is 3.81. The Kier molecular flexibility index (Phi) is 3.97. The minimum atomic E-state index is -0.693. The third-order valence-electron chi connectivity index (χ3n) is 1.96. The number of aliphatic hydroxyl groups is 1. The van der Waals surface area contributed by atoms with Crippen LogP contribution in [0.15, 0.2) is 16.6 Å². The summed E-state index contributed by atoms with van der Waals surface area (Å²) in [7, 11) is 0. The number of hydrogen-bond donors (Lipinski definition) is 2. The number of rotatable bonds is 3. The van der Waals surface area contributed by atoms with Crippen LogP contribution in [-0.4, -0.2) is 18.3 Å². The molecule has 1 aromatic carbocycles. The van der Waals surface area contributed by atoms with E-state index in [1.54, 1.807) is 0 Å². The van der Waals surface area contributed by atoms with Crippen LogP contribution in [0.25, 0.3) is 0 Å². The minimum absolute atomic E-state index is 0.00592. The van der Waals surface area contributed by atoms with E-state index in [1.807, 2.05) is 0 Å². The van der Waals surface area contributed by atoms with Gasteiger partial charge in [-0.3, -0.25) is 0 Å². The first-order valence-corrected chi connectivity index (χ1v) is 4.84. The van der Waals surface area contributed by atoms with Crippen LogP contribution in [0, 0.1) is 11.6 Å². The highest BCUT2D eigenvalue weighted by Crippen LogP contribution is 2.25. The van der Waals surface area contributed by atoms with Gasteiger partial charge in [-0.25, -0.2) is 8.78 Å². The van der Waals surface area contributed by atoms with Gasteiger partial charge < -0.3 is 10.8 Å². The van der Waals surface area contributed by atoms with Crippen molar-refractivity contribution in [3.8, 4) is 0 Å². The van der Waals surface area contributed by atoms with Gasteiger partial charge >= 0.3 is 0 Å². The summed E-state index contributed by atoms with van der Waals surface area (Å²) in [5.41, 5.74) is 5.13. The molecule has 14 heavy (non-hydrogen) atoms. The second-order valence-electron chi connectivity index (χ2n) is 2.90. The fraction of sp³-hybridized carbons (Fsp3) is 0.333. The molecule has 1 atom stereocenters. The monoisotopic (exact) mass is 265 g/mol. The quantitative estimate of drug-likeness (QED) is 0.875. The lowest BCUT2D eigenvalue weighted by molar-refractivity contribution is 0.262. The van der Waals surface area contributed by atoms with Gasteiger partial charge in [0.25, 0.3) is 0 Å². The average molecular weight is 266 g/mol. The Hall–Kier alpha value is -0.520. The zero-order valence-corrected chi connectivity index (χ0v) is 8.89. The molecule has 0 aliphatic heterocycles. The second kappa shape index (κ2) is 4.82. The molecule has 2 nitrogen and oxygen atoms in total. The summed E-state index contributed by atoms with van der Waals surface area (Å²) >= 11 is 2.97. The summed E-state index contributed by atoms with van der Waals surface area (Å²) in [6.45, 7) is -0.363. The molecule has 0 aromatic heterocycles. The highest BCUT2D eigenvalue weighted by Gasteiger charge is 2.18. The van der Waals surface area contributed by atoms with E-state index in [4.69, 9.17) is 10.8 Å². The Balaban J connectivity index is 3.19. The van der Waals surface area contributed by atoms with Gasteiger partial charge in [0, 0.05) is 22.5 Å². The van der Waals surface area contributed by atoms with Crippen LogP contribution in [0.2, 0.25) is 0 Å². The van der Waals surface area contributed by atoms with Crippen molar-refractivity contribution in [2.24, 2.45) is 5.73 Å². The van der Waals surface area contributed by atoms with Crippen molar-refractivity contribution in [3.63, 3.8) is 0 Å². The van der Waals surface area contributed by atoms with E-state index in [0.29, 0.717) is 4.47 Å². The van der Waals surface area contributed by atoms with Crippen molar-refractivity contribution < 1.29 is 13.9 Å². The van der Waals surface area contributed by atoms with Crippen LogP contribution in [0.5, 0.6) is 0 Å². The van der Waals surface area contributed by atoms with E-state index in [1.165, 1.54) is 0 Å². The summed E-state index contributed by atoms with van der Waals surface area (Å²) in [6, 6.07) is 2.30. The average Bonchev–Trinajstić information content (AvgIpc) is 2.10. The first-order chi connectivity index (χ1) is 6.60. The van der Waals surface area contributed by atoms with Crippen LogP contribution in [0.1, 0.15) is 11.5 Å². The van der Waals surface area contributed by atoms with Crippen molar-refractivity contribution >= 4 is 15.9 Å². The van der Waals surface area contributed by atoms with Crippen molar-refractivity contribution in [3.05, 3.63) is 33.8 Å². The summed E-state index contributed by atoms with van der Waals surface area (Å²) in [5.74, 6) is -2.08. The fourth-order valence-electron chi connectivity index (χ4n) is 1.23. The number of nitrogens with two attached hydrogens (primary N) is 1. The number of benzene rings is 1. The van der Waals surface area contributed by atoms with Crippen molar-refractivity contribution in [2.75, 3.05) is 13.2 Å². The Morgan fingerprint density at radius 2 is 1.86 bits per heavy atom. The molecule has 1 rings (SSSR count). The normalized spacial score (nSPS) is 12.9. The predicted octanol–water partition coefficient (Wildman–Crippen LogP) is 1.76. The van der Waals surface area contributed by atoms with E-state index in [0.717, 1.165) is 12.1 Å². The van der Waals surface area contributed by atoms with Crippen LogP contribution >= 0.6 is 15.9 Å². The smallest absolute Gasteiger partial charge is 0.130 e. The molecule has 3 N–H and O–H groups in total. The van der Waals surface area contributed by atoms with Gasteiger partial charge in [0.15, 0.2) is 0 Å². The molecule has 1 aromatic rings. The van der Waals surface area contributed by atoms with Crippen molar-refractivity contribution in [2.45, 2.75) is 5.92 Å². The summed E-state index contributed by atoms with van der Waals surface area (Å²) in [6.07, 6.45) is 0.